The van der Waals surface area contributed by atoms with Crippen LogP contribution in [0, 0.1) is 0 Å². The largest absolute Gasteiger partial charge is 0.480 e. The molecule has 2 aliphatic rings. The third kappa shape index (κ3) is 6.62. The van der Waals surface area contributed by atoms with E-state index in [1.807, 2.05) is 0 Å². The van der Waals surface area contributed by atoms with Gasteiger partial charge in [-0.15, -0.1) is 0 Å². The van der Waals surface area contributed by atoms with Gasteiger partial charge in [0, 0.05) is 32.6 Å². The lowest BCUT2D eigenvalue weighted by Crippen LogP contribution is -2.52. The molecular formula is C17H29N3O5. The maximum absolute atomic E-state index is 12.6. The third-order valence-corrected chi connectivity index (χ3v) is 4.66. The molecule has 0 radical (unpaired) electrons. The predicted octanol–water partition coefficient (Wildman–Crippen LogP) is 0.0229. The standard InChI is InChI=1S/C17H29N3O5/c1-18(13-17(23)24)10-14-11-20(8-9-25-14)16(22)12-19-7-5-3-2-4-6-15(19)21/h14H,2-13H2,1H3,(H,23,24). The van der Waals surface area contributed by atoms with Crippen molar-refractivity contribution in [2.45, 2.75) is 38.2 Å². The molecule has 0 aliphatic carbocycles. The first-order chi connectivity index (χ1) is 12.0. The molecule has 142 valence electrons. The number of carboxylic acid groups (broad SMARTS) is 1. The Bertz CT molecular complexity index is 485. The summed E-state index contributed by atoms with van der Waals surface area (Å²) in [7, 11) is 1.72. The molecular weight excluding hydrogens is 326 g/mol. The summed E-state index contributed by atoms with van der Waals surface area (Å²) in [6, 6.07) is 0. The second-order valence-electron chi connectivity index (χ2n) is 6.90. The molecule has 0 aromatic heterocycles. The van der Waals surface area contributed by atoms with E-state index in [0.717, 1.165) is 25.7 Å². The number of carbonyl (C=O) groups excluding carboxylic acids is 2. The van der Waals surface area contributed by atoms with Gasteiger partial charge in [0.2, 0.25) is 11.8 Å². The predicted molar refractivity (Wildman–Crippen MR) is 91.1 cm³/mol. The van der Waals surface area contributed by atoms with Crippen LogP contribution in [0.1, 0.15) is 32.1 Å². The van der Waals surface area contributed by atoms with Crippen LogP contribution in [0.2, 0.25) is 0 Å². The van der Waals surface area contributed by atoms with Gasteiger partial charge in [0.1, 0.15) is 0 Å². The third-order valence-electron chi connectivity index (χ3n) is 4.66. The average Bonchev–Trinajstić information content (AvgIpc) is 2.54. The summed E-state index contributed by atoms with van der Waals surface area (Å²) in [6.07, 6.45) is 4.36. The molecule has 2 amide bonds. The zero-order chi connectivity index (χ0) is 18.2. The summed E-state index contributed by atoms with van der Waals surface area (Å²) in [5.74, 6) is -0.871. The fourth-order valence-corrected chi connectivity index (χ4v) is 3.35. The van der Waals surface area contributed by atoms with Crippen molar-refractivity contribution < 1.29 is 24.2 Å². The van der Waals surface area contributed by atoms with E-state index < -0.39 is 5.97 Å². The molecule has 2 aliphatic heterocycles. The van der Waals surface area contributed by atoms with E-state index in [-0.39, 0.29) is 31.0 Å². The summed E-state index contributed by atoms with van der Waals surface area (Å²) in [4.78, 5) is 40.6. The number of ether oxygens (including phenoxy) is 1. The number of likely N-dealkylation sites (tertiary alicyclic amines) is 1. The van der Waals surface area contributed by atoms with Crippen molar-refractivity contribution in [2.24, 2.45) is 0 Å². The van der Waals surface area contributed by atoms with Gasteiger partial charge >= 0.3 is 5.97 Å². The van der Waals surface area contributed by atoms with Gasteiger partial charge in [0.25, 0.3) is 0 Å². The minimum atomic E-state index is -0.887. The van der Waals surface area contributed by atoms with E-state index >= 15 is 0 Å². The molecule has 2 saturated heterocycles. The average molecular weight is 355 g/mol. The van der Waals surface area contributed by atoms with E-state index in [1.54, 1.807) is 21.7 Å². The second-order valence-corrected chi connectivity index (χ2v) is 6.90. The highest BCUT2D eigenvalue weighted by molar-refractivity contribution is 5.85. The summed E-state index contributed by atoms with van der Waals surface area (Å²) in [5, 5.41) is 8.82. The Morgan fingerprint density at radius 1 is 1.24 bits per heavy atom. The van der Waals surface area contributed by atoms with Crippen LogP contribution < -0.4 is 0 Å². The molecule has 0 aromatic carbocycles. The molecule has 1 atom stereocenters. The molecule has 8 heteroatoms. The molecule has 25 heavy (non-hydrogen) atoms. The van der Waals surface area contributed by atoms with Gasteiger partial charge in [-0.3, -0.25) is 19.3 Å². The lowest BCUT2D eigenvalue weighted by atomic mass is 10.1. The van der Waals surface area contributed by atoms with Gasteiger partial charge in [-0.25, -0.2) is 0 Å². The Morgan fingerprint density at radius 2 is 2.00 bits per heavy atom. The van der Waals surface area contributed by atoms with Crippen molar-refractivity contribution in [2.75, 3.05) is 52.9 Å². The molecule has 1 N–H and O–H groups in total. The normalized spacial score (nSPS) is 22.6. The van der Waals surface area contributed by atoms with Gasteiger partial charge in [0.05, 0.1) is 25.8 Å². The van der Waals surface area contributed by atoms with Crippen molar-refractivity contribution >= 4 is 17.8 Å². The van der Waals surface area contributed by atoms with E-state index in [4.69, 9.17) is 9.84 Å². The number of likely N-dealkylation sites (N-methyl/N-ethyl adjacent to an activating group) is 1. The maximum Gasteiger partial charge on any atom is 0.317 e. The summed E-state index contributed by atoms with van der Waals surface area (Å²) in [5.41, 5.74) is 0. The summed E-state index contributed by atoms with van der Waals surface area (Å²) in [6.45, 7) is 2.57. The SMILES string of the molecule is CN(CC(=O)O)CC1CN(C(=O)CN2CCCCCCC2=O)CCO1. The minimum absolute atomic E-state index is 0.0527. The van der Waals surface area contributed by atoms with Crippen LogP contribution in [0.25, 0.3) is 0 Å². The Labute approximate surface area is 148 Å². The fourth-order valence-electron chi connectivity index (χ4n) is 3.35. The number of hydrogen-bond donors (Lipinski definition) is 1. The molecule has 2 rings (SSSR count). The van der Waals surface area contributed by atoms with Gasteiger partial charge in [-0.05, 0) is 19.9 Å². The van der Waals surface area contributed by atoms with Crippen molar-refractivity contribution in [3.63, 3.8) is 0 Å². The lowest BCUT2D eigenvalue weighted by Gasteiger charge is -2.36. The van der Waals surface area contributed by atoms with E-state index in [1.165, 1.54) is 0 Å². The van der Waals surface area contributed by atoms with Crippen LogP contribution in [0.15, 0.2) is 0 Å². The second kappa shape index (κ2) is 9.72. The molecule has 0 aromatic rings. The number of aliphatic carboxylic acids is 1. The van der Waals surface area contributed by atoms with Crippen molar-refractivity contribution in [3.05, 3.63) is 0 Å². The molecule has 0 bridgehead atoms. The number of amides is 2. The van der Waals surface area contributed by atoms with Crippen LogP contribution in [-0.2, 0) is 19.1 Å². The summed E-state index contributed by atoms with van der Waals surface area (Å²) < 4.78 is 5.65. The monoisotopic (exact) mass is 355 g/mol. The van der Waals surface area contributed by atoms with Crippen LogP contribution in [-0.4, -0.2) is 96.6 Å². The molecule has 0 spiro atoms. The molecule has 0 saturated carbocycles. The first-order valence-electron chi connectivity index (χ1n) is 9.03. The fraction of sp³-hybridized carbons (Fsp3) is 0.824. The first-order valence-corrected chi connectivity index (χ1v) is 9.03. The van der Waals surface area contributed by atoms with Crippen molar-refractivity contribution in [3.8, 4) is 0 Å². The van der Waals surface area contributed by atoms with Crippen molar-refractivity contribution in [1.29, 1.82) is 0 Å². The number of carboxylic acids is 1. The highest BCUT2D eigenvalue weighted by atomic mass is 16.5. The maximum atomic E-state index is 12.6. The molecule has 2 heterocycles. The smallest absolute Gasteiger partial charge is 0.317 e. The number of hydrogen-bond acceptors (Lipinski definition) is 5. The Morgan fingerprint density at radius 3 is 2.76 bits per heavy atom. The van der Waals surface area contributed by atoms with Crippen LogP contribution in [0.3, 0.4) is 0 Å². The lowest BCUT2D eigenvalue weighted by molar-refractivity contribution is -0.146. The Hall–Kier alpha value is -1.67. The van der Waals surface area contributed by atoms with Gasteiger partial charge in [-0.1, -0.05) is 12.8 Å². The number of rotatable bonds is 6. The van der Waals surface area contributed by atoms with Gasteiger partial charge in [-0.2, -0.15) is 0 Å². The van der Waals surface area contributed by atoms with Crippen LogP contribution in [0.4, 0.5) is 0 Å². The molecule has 8 nitrogen and oxygen atoms in total. The van der Waals surface area contributed by atoms with Gasteiger partial charge < -0.3 is 19.6 Å². The number of carbonyl (C=O) groups is 3. The highest BCUT2D eigenvalue weighted by Crippen LogP contribution is 2.13. The van der Waals surface area contributed by atoms with Crippen LogP contribution in [0.5, 0.6) is 0 Å². The molecule has 1 unspecified atom stereocenters. The zero-order valence-corrected chi connectivity index (χ0v) is 15.0. The minimum Gasteiger partial charge on any atom is -0.480 e. The van der Waals surface area contributed by atoms with Gasteiger partial charge in [0.15, 0.2) is 0 Å². The van der Waals surface area contributed by atoms with E-state index in [0.29, 0.717) is 39.2 Å². The zero-order valence-electron chi connectivity index (χ0n) is 15.0. The highest BCUT2D eigenvalue weighted by Gasteiger charge is 2.27. The number of morpholine rings is 1. The molecule has 2 fully saturated rings. The summed E-state index contributed by atoms with van der Waals surface area (Å²) >= 11 is 0. The topological polar surface area (TPSA) is 90.4 Å². The van der Waals surface area contributed by atoms with E-state index in [9.17, 15) is 14.4 Å². The van der Waals surface area contributed by atoms with Crippen LogP contribution >= 0.6 is 0 Å². The van der Waals surface area contributed by atoms with Crippen molar-refractivity contribution in [1.82, 2.24) is 14.7 Å². The Balaban J connectivity index is 1.83. The quantitative estimate of drug-likeness (QED) is 0.723. The Kier molecular flexibility index (Phi) is 7.64. The number of nitrogens with zero attached hydrogens (tertiary/aromatic N) is 3. The van der Waals surface area contributed by atoms with E-state index in [2.05, 4.69) is 0 Å². The first kappa shape index (κ1) is 19.7.